The van der Waals surface area contributed by atoms with Crippen molar-refractivity contribution in [3.05, 3.63) is 88.1 Å². The third-order valence-electron chi connectivity index (χ3n) is 5.87. The van der Waals surface area contributed by atoms with Gasteiger partial charge >= 0.3 is 0 Å². The van der Waals surface area contributed by atoms with Gasteiger partial charge in [-0.25, -0.2) is 4.98 Å². The molecule has 0 bridgehead atoms. The van der Waals surface area contributed by atoms with Gasteiger partial charge in [-0.2, -0.15) is 0 Å². The van der Waals surface area contributed by atoms with E-state index in [9.17, 15) is 14.7 Å². The number of ketones is 1. The van der Waals surface area contributed by atoms with Crippen molar-refractivity contribution in [2.24, 2.45) is 0 Å². The fraction of sp³-hybridized carbons (Fsp3) is 0.192. The van der Waals surface area contributed by atoms with Gasteiger partial charge in [0.15, 0.2) is 16.7 Å². The number of rotatable bonds is 5. The Morgan fingerprint density at radius 2 is 1.85 bits per heavy atom. The van der Waals surface area contributed by atoms with Crippen molar-refractivity contribution in [2.45, 2.75) is 26.8 Å². The Morgan fingerprint density at radius 1 is 1.12 bits per heavy atom. The van der Waals surface area contributed by atoms with Crippen LogP contribution in [0.5, 0.6) is 5.75 Å². The summed E-state index contributed by atoms with van der Waals surface area (Å²) in [7, 11) is 1.56. The van der Waals surface area contributed by atoms with Crippen LogP contribution >= 0.6 is 11.3 Å². The number of carbonyl (C=O) groups excluding carboxylic acids is 2. The Kier molecular flexibility index (Phi) is 5.25. The lowest BCUT2D eigenvalue weighted by Gasteiger charge is -2.24. The molecule has 0 fully saturated rings. The topological polar surface area (TPSA) is 92.9 Å². The number of furan rings is 1. The van der Waals surface area contributed by atoms with Crippen molar-refractivity contribution in [1.82, 2.24) is 4.98 Å². The van der Waals surface area contributed by atoms with Gasteiger partial charge in [-0.1, -0.05) is 29.5 Å². The van der Waals surface area contributed by atoms with E-state index in [0.29, 0.717) is 22.2 Å². The van der Waals surface area contributed by atoms with E-state index in [2.05, 4.69) is 0 Å². The summed E-state index contributed by atoms with van der Waals surface area (Å²) >= 11 is 1.35. The molecule has 0 spiro atoms. The third-order valence-corrected chi connectivity index (χ3v) is 6.87. The maximum Gasteiger partial charge on any atom is 0.296 e. The fourth-order valence-corrected chi connectivity index (χ4v) is 5.46. The van der Waals surface area contributed by atoms with Gasteiger partial charge in [-0.15, -0.1) is 0 Å². The summed E-state index contributed by atoms with van der Waals surface area (Å²) in [5.74, 6) is -0.581. The number of anilines is 1. The number of fused-ring (bicyclic) bond motifs is 1. The molecular formula is C26H22N2O5S. The average Bonchev–Trinajstić information content (AvgIpc) is 3.50. The van der Waals surface area contributed by atoms with Crippen molar-refractivity contribution in [1.29, 1.82) is 0 Å². The number of aliphatic hydroxyl groups is 1. The first-order valence-corrected chi connectivity index (χ1v) is 11.5. The molecule has 2 aromatic heterocycles. The molecule has 1 atom stereocenters. The second-order valence-corrected chi connectivity index (χ2v) is 9.29. The zero-order valence-electron chi connectivity index (χ0n) is 19.1. The zero-order valence-corrected chi connectivity index (χ0v) is 19.9. The number of aliphatic hydroxyl groups excluding tert-OH is 1. The molecule has 34 heavy (non-hydrogen) atoms. The Labute approximate surface area is 199 Å². The average molecular weight is 475 g/mol. The standard InChI is InChI=1S/C26H22N2O5S/c1-13-11-14(2)21-19(12-13)34-26(27-21)28-22(16-6-8-17(32-4)9-7-16)20(24(30)25(28)31)23(29)18-10-5-15(3)33-18/h5-12,22,30H,1-4H3. The van der Waals surface area contributed by atoms with E-state index >= 15 is 0 Å². The monoisotopic (exact) mass is 474 g/mol. The molecule has 0 radical (unpaired) electrons. The van der Waals surface area contributed by atoms with Crippen molar-refractivity contribution in [2.75, 3.05) is 12.0 Å². The summed E-state index contributed by atoms with van der Waals surface area (Å²) in [6.07, 6.45) is 0. The van der Waals surface area contributed by atoms with Crippen LogP contribution in [0.1, 0.15) is 39.0 Å². The number of methoxy groups -OCH3 is 1. The normalized spacial score (nSPS) is 16.1. The fourth-order valence-electron chi connectivity index (χ4n) is 4.29. The van der Waals surface area contributed by atoms with Crippen LogP contribution in [0.4, 0.5) is 5.13 Å². The highest BCUT2D eigenvalue weighted by Gasteiger charge is 2.46. The SMILES string of the molecule is COc1ccc(C2C(C(=O)c3ccc(C)o3)=C(O)C(=O)N2c2nc3c(C)cc(C)cc3s2)cc1. The van der Waals surface area contributed by atoms with Crippen LogP contribution in [0.25, 0.3) is 10.2 Å². The first-order chi connectivity index (χ1) is 16.3. The van der Waals surface area contributed by atoms with Crippen LogP contribution < -0.4 is 9.64 Å². The van der Waals surface area contributed by atoms with E-state index < -0.39 is 23.5 Å². The Morgan fingerprint density at radius 3 is 2.50 bits per heavy atom. The third kappa shape index (κ3) is 3.47. The molecule has 7 nitrogen and oxygen atoms in total. The van der Waals surface area contributed by atoms with E-state index in [0.717, 1.165) is 21.3 Å². The van der Waals surface area contributed by atoms with Crippen LogP contribution in [0.15, 0.2) is 64.3 Å². The van der Waals surface area contributed by atoms with Crippen LogP contribution in [-0.4, -0.2) is 28.9 Å². The molecule has 172 valence electrons. The predicted molar refractivity (Wildman–Crippen MR) is 130 cm³/mol. The first-order valence-electron chi connectivity index (χ1n) is 10.7. The summed E-state index contributed by atoms with van der Waals surface area (Å²) in [6, 6.07) is 13.4. The Balaban J connectivity index is 1.68. The van der Waals surface area contributed by atoms with E-state index in [1.807, 2.05) is 26.0 Å². The zero-order chi connectivity index (χ0) is 24.1. The molecule has 2 aromatic carbocycles. The molecular weight excluding hydrogens is 452 g/mol. The maximum atomic E-state index is 13.4. The van der Waals surface area contributed by atoms with Crippen molar-refractivity contribution < 1.29 is 23.8 Å². The van der Waals surface area contributed by atoms with Crippen LogP contribution in [0, 0.1) is 20.8 Å². The van der Waals surface area contributed by atoms with Gasteiger partial charge in [-0.05, 0) is 67.8 Å². The molecule has 1 aliphatic heterocycles. The molecule has 0 aliphatic carbocycles. The van der Waals surface area contributed by atoms with Crippen molar-refractivity contribution in [3.63, 3.8) is 0 Å². The smallest absolute Gasteiger partial charge is 0.296 e. The number of carbonyl (C=O) groups is 2. The molecule has 3 heterocycles. The minimum absolute atomic E-state index is 0.0447. The number of aromatic nitrogens is 1. The molecule has 1 aliphatic rings. The summed E-state index contributed by atoms with van der Waals surface area (Å²) < 4.78 is 11.7. The van der Waals surface area contributed by atoms with Crippen molar-refractivity contribution in [3.8, 4) is 5.75 Å². The Hall–Kier alpha value is -3.91. The first kappa shape index (κ1) is 21.9. The molecule has 8 heteroatoms. The predicted octanol–water partition coefficient (Wildman–Crippen LogP) is 5.61. The molecule has 0 saturated carbocycles. The molecule has 1 amide bonds. The largest absolute Gasteiger partial charge is 0.503 e. The summed E-state index contributed by atoms with van der Waals surface area (Å²) in [5, 5.41) is 11.3. The number of amides is 1. The quantitative estimate of drug-likeness (QED) is 0.378. The number of nitrogens with zero attached hydrogens (tertiary/aromatic N) is 2. The van der Waals surface area contributed by atoms with E-state index in [-0.39, 0.29) is 11.3 Å². The van der Waals surface area contributed by atoms with E-state index in [4.69, 9.17) is 14.1 Å². The van der Waals surface area contributed by atoms with Crippen LogP contribution in [-0.2, 0) is 4.79 Å². The lowest BCUT2D eigenvalue weighted by atomic mass is 9.95. The van der Waals surface area contributed by atoms with Gasteiger partial charge in [0.25, 0.3) is 5.91 Å². The highest BCUT2D eigenvalue weighted by molar-refractivity contribution is 7.22. The minimum Gasteiger partial charge on any atom is -0.503 e. The number of ether oxygens (including phenoxy) is 1. The number of hydrogen-bond donors (Lipinski definition) is 1. The number of thiazole rings is 1. The van der Waals surface area contributed by atoms with Gasteiger partial charge in [-0.3, -0.25) is 14.5 Å². The lowest BCUT2D eigenvalue weighted by Crippen LogP contribution is -2.30. The molecule has 1 unspecified atom stereocenters. The van der Waals surface area contributed by atoms with Gasteiger partial charge in [0.05, 0.1) is 28.9 Å². The molecule has 0 saturated heterocycles. The van der Waals surface area contributed by atoms with E-state index in [1.165, 1.54) is 16.2 Å². The number of benzene rings is 2. The summed E-state index contributed by atoms with van der Waals surface area (Å²) in [5.41, 5.74) is 3.45. The van der Waals surface area contributed by atoms with E-state index in [1.54, 1.807) is 50.4 Å². The molecule has 1 N–H and O–H groups in total. The van der Waals surface area contributed by atoms with Gasteiger partial charge in [0.1, 0.15) is 11.5 Å². The lowest BCUT2D eigenvalue weighted by molar-refractivity contribution is -0.117. The number of Topliss-reactive ketones (excluding diaryl/α,β-unsaturated/α-hetero) is 1. The summed E-state index contributed by atoms with van der Waals surface area (Å²) in [4.78, 5) is 32.9. The second kappa shape index (κ2) is 8.14. The van der Waals surface area contributed by atoms with Crippen molar-refractivity contribution >= 4 is 38.4 Å². The van der Waals surface area contributed by atoms with Gasteiger partial charge < -0.3 is 14.3 Å². The molecule has 4 aromatic rings. The Bertz CT molecular complexity index is 1480. The minimum atomic E-state index is -0.877. The maximum absolute atomic E-state index is 13.4. The van der Waals surface area contributed by atoms with Gasteiger partial charge in [0.2, 0.25) is 5.78 Å². The van der Waals surface area contributed by atoms with Crippen LogP contribution in [0.3, 0.4) is 0 Å². The second-order valence-electron chi connectivity index (χ2n) is 8.28. The highest BCUT2D eigenvalue weighted by Crippen LogP contribution is 2.45. The van der Waals surface area contributed by atoms with Gasteiger partial charge in [0, 0.05) is 0 Å². The molecule has 5 rings (SSSR count). The highest BCUT2D eigenvalue weighted by atomic mass is 32.1. The summed E-state index contributed by atoms with van der Waals surface area (Å²) in [6.45, 7) is 5.70. The van der Waals surface area contributed by atoms with Crippen LogP contribution in [0.2, 0.25) is 0 Å². The number of aryl methyl sites for hydroxylation is 3. The number of hydrogen-bond acceptors (Lipinski definition) is 7.